The summed E-state index contributed by atoms with van der Waals surface area (Å²) in [6, 6.07) is 8.13. The second-order valence-electron chi connectivity index (χ2n) is 6.95. The third-order valence-electron chi connectivity index (χ3n) is 5.15. The summed E-state index contributed by atoms with van der Waals surface area (Å²) in [6.45, 7) is 2.29. The Hall–Kier alpha value is -1.31. The molecule has 0 aromatic heterocycles. The highest BCUT2D eigenvalue weighted by Crippen LogP contribution is 2.34. The van der Waals surface area contributed by atoms with Crippen LogP contribution in [0.4, 0.5) is 0 Å². The minimum Gasteiger partial charge on any atom is -0.481 e. The van der Waals surface area contributed by atoms with Crippen LogP contribution in [0.25, 0.3) is 0 Å². The van der Waals surface area contributed by atoms with Crippen LogP contribution in [-0.4, -0.2) is 11.1 Å². The van der Waals surface area contributed by atoms with Crippen molar-refractivity contribution in [3.05, 3.63) is 35.4 Å². The standard InChI is InChI=1S/C20H30O2/c1-2-3-4-16-5-7-17(8-6-16)9-10-18-11-13-19(14-12-18)15-20(21)22/h11-14,16-17H,2-10,15H2,1H3,(H,21,22). The zero-order chi connectivity index (χ0) is 15.8. The minimum absolute atomic E-state index is 0.127. The number of hydrogen-bond acceptors (Lipinski definition) is 1. The molecule has 0 heterocycles. The van der Waals surface area contributed by atoms with Crippen LogP contribution in [0.2, 0.25) is 0 Å². The maximum atomic E-state index is 10.7. The van der Waals surface area contributed by atoms with E-state index >= 15 is 0 Å². The minimum atomic E-state index is -0.757. The summed E-state index contributed by atoms with van der Waals surface area (Å²) in [5.74, 6) is 1.13. The van der Waals surface area contributed by atoms with Crippen LogP contribution in [0, 0.1) is 11.8 Å². The lowest BCUT2D eigenvalue weighted by atomic mass is 9.78. The second-order valence-corrected chi connectivity index (χ2v) is 6.95. The number of carbonyl (C=O) groups is 1. The Bertz CT molecular complexity index is 441. The predicted molar refractivity (Wildman–Crippen MR) is 91.1 cm³/mol. The monoisotopic (exact) mass is 302 g/mol. The Morgan fingerprint density at radius 2 is 1.55 bits per heavy atom. The molecule has 2 heteroatoms. The fourth-order valence-electron chi connectivity index (χ4n) is 3.67. The van der Waals surface area contributed by atoms with Crippen molar-refractivity contribution in [2.75, 3.05) is 0 Å². The van der Waals surface area contributed by atoms with Crippen molar-refractivity contribution in [2.24, 2.45) is 11.8 Å². The largest absolute Gasteiger partial charge is 0.481 e. The molecule has 1 aliphatic carbocycles. The van der Waals surface area contributed by atoms with E-state index in [0.29, 0.717) is 0 Å². The maximum Gasteiger partial charge on any atom is 0.307 e. The summed E-state index contributed by atoms with van der Waals surface area (Å²) in [4.78, 5) is 10.7. The van der Waals surface area contributed by atoms with Crippen molar-refractivity contribution in [1.82, 2.24) is 0 Å². The number of aryl methyl sites for hydroxylation is 1. The molecule has 0 unspecified atom stereocenters. The number of hydrogen-bond donors (Lipinski definition) is 1. The Morgan fingerprint density at radius 1 is 1.00 bits per heavy atom. The van der Waals surface area contributed by atoms with Gasteiger partial charge in [-0.3, -0.25) is 4.79 Å². The molecular formula is C20H30O2. The highest BCUT2D eigenvalue weighted by molar-refractivity contribution is 5.70. The van der Waals surface area contributed by atoms with Gasteiger partial charge >= 0.3 is 5.97 Å². The summed E-state index contributed by atoms with van der Waals surface area (Å²) in [5, 5.41) is 8.79. The van der Waals surface area contributed by atoms with Gasteiger partial charge < -0.3 is 5.11 Å². The van der Waals surface area contributed by atoms with E-state index in [-0.39, 0.29) is 6.42 Å². The summed E-state index contributed by atoms with van der Waals surface area (Å²) in [5.41, 5.74) is 2.25. The third-order valence-corrected chi connectivity index (χ3v) is 5.15. The van der Waals surface area contributed by atoms with E-state index in [2.05, 4.69) is 19.1 Å². The molecule has 0 spiro atoms. The lowest BCUT2D eigenvalue weighted by Crippen LogP contribution is -2.15. The average Bonchev–Trinajstić information content (AvgIpc) is 2.53. The van der Waals surface area contributed by atoms with Gasteiger partial charge in [-0.05, 0) is 35.8 Å². The maximum absolute atomic E-state index is 10.7. The molecule has 0 bridgehead atoms. The molecule has 1 saturated carbocycles. The summed E-state index contributed by atoms with van der Waals surface area (Å²) < 4.78 is 0. The molecule has 2 nitrogen and oxygen atoms in total. The third kappa shape index (κ3) is 5.82. The van der Waals surface area contributed by atoms with Gasteiger partial charge in [0, 0.05) is 0 Å². The van der Waals surface area contributed by atoms with Crippen molar-refractivity contribution >= 4 is 5.97 Å². The first-order valence-electron chi connectivity index (χ1n) is 8.97. The fourth-order valence-corrected chi connectivity index (χ4v) is 3.67. The lowest BCUT2D eigenvalue weighted by molar-refractivity contribution is -0.136. The number of aliphatic carboxylic acids is 1. The number of benzene rings is 1. The van der Waals surface area contributed by atoms with Crippen LogP contribution < -0.4 is 0 Å². The molecule has 1 N–H and O–H groups in total. The Labute approximate surface area is 134 Å². The van der Waals surface area contributed by atoms with E-state index in [1.165, 1.54) is 56.9 Å². The topological polar surface area (TPSA) is 37.3 Å². The van der Waals surface area contributed by atoms with Gasteiger partial charge in [0.1, 0.15) is 0 Å². The molecule has 0 amide bonds. The molecule has 122 valence electrons. The highest BCUT2D eigenvalue weighted by atomic mass is 16.4. The van der Waals surface area contributed by atoms with E-state index in [0.717, 1.165) is 23.8 Å². The first-order valence-corrected chi connectivity index (χ1v) is 8.97. The molecular weight excluding hydrogens is 272 g/mol. The summed E-state index contributed by atoms with van der Waals surface area (Å²) in [7, 11) is 0. The average molecular weight is 302 g/mol. The van der Waals surface area contributed by atoms with Crippen LogP contribution in [0.5, 0.6) is 0 Å². The normalized spacial score (nSPS) is 21.7. The predicted octanol–water partition coefficient (Wildman–Crippen LogP) is 5.24. The van der Waals surface area contributed by atoms with Crippen molar-refractivity contribution in [1.29, 1.82) is 0 Å². The van der Waals surface area contributed by atoms with Crippen molar-refractivity contribution in [3.8, 4) is 0 Å². The van der Waals surface area contributed by atoms with Gasteiger partial charge in [0.25, 0.3) is 0 Å². The van der Waals surface area contributed by atoms with Crippen molar-refractivity contribution < 1.29 is 9.90 Å². The molecule has 0 atom stereocenters. The van der Waals surface area contributed by atoms with Crippen LogP contribution in [0.3, 0.4) is 0 Å². The van der Waals surface area contributed by atoms with Gasteiger partial charge in [0.2, 0.25) is 0 Å². The molecule has 0 saturated heterocycles. The Kier molecular flexibility index (Phi) is 6.95. The number of carboxylic acids is 1. The van der Waals surface area contributed by atoms with E-state index < -0.39 is 5.97 Å². The van der Waals surface area contributed by atoms with Gasteiger partial charge in [0.05, 0.1) is 6.42 Å². The van der Waals surface area contributed by atoms with Gasteiger partial charge in [-0.1, -0.05) is 76.1 Å². The molecule has 0 radical (unpaired) electrons. The van der Waals surface area contributed by atoms with Crippen LogP contribution in [0.15, 0.2) is 24.3 Å². The summed E-state index contributed by atoms with van der Waals surface area (Å²) in [6.07, 6.45) is 12.4. The molecule has 1 aromatic carbocycles. The van der Waals surface area contributed by atoms with E-state index in [1.54, 1.807) is 0 Å². The van der Waals surface area contributed by atoms with E-state index in [9.17, 15) is 4.79 Å². The summed E-state index contributed by atoms with van der Waals surface area (Å²) >= 11 is 0. The first-order chi connectivity index (χ1) is 10.7. The number of carboxylic acid groups (broad SMARTS) is 1. The zero-order valence-electron chi connectivity index (χ0n) is 13.9. The molecule has 22 heavy (non-hydrogen) atoms. The molecule has 1 aliphatic rings. The van der Waals surface area contributed by atoms with Crippen LogP contribution in [-0.2, 0) is 17.6 Å². The van der Waals surface area contributed by atoms with Crippen molar-refractivity contribution in [3.63, 3.8) is 0 Å². The zero-order valence-corrected chi connectivity index (χ0v) is 13.9. The Balaban J connectivity index is 1.69. The molecule has 1 aromatic rings. The first kappa shape index (κ1) is 17.1. The number of rotatable bonds is 8. The second kappa shape index (κ2) is 8.97. The lowest BCUT2D eigenvalue weighted by Gasteiger charge is -2.28. The highest BCUT2D eigenvalue weighted by Gasteiger charge is 2.20. The van der Waals surface area contributed by atoms with E-state index in [4.69, 9.17) is 5.11 Å². The Morgan fingerprint density at radius 3 is 2.09 bits per heavy atom. The molecule has 1 fully saturated rings. The van der Waals surface area contributed by atoms with Gasteiger partial charge in [0.15, 0.2) is 0 Å². The molecule has 2 rings (SSSR count). The quantitative estimate of drug-likeness (QED) is 0.712. The smallest absolute Gasteiger partial charge is 0.307 e. The van der Waals surface area contributed by atoms with Gasteiger partial charge in [-0.15, -0.1) is 0 Å². The van der Waals surface area contributed by atoms with Gasteiger partial charge in [-0.2, -0.15) is 0 Å². The fraction of sp³-hybridized carbons (Fsp3) is 0.650. The van der Waals surface area contributed by atoms with Crippen LogP contribution >= 0.6 is 0 Å². The van der Waals surface area contributed by atoms with E-state index in [1.807, 2.05) is 12.1 Å². The molecule has 0 aliphatic heterocycles. The van der Waals surface area contributed by atoms with Crippen LogP contribution in [0.1, 0.15) is 69.4 Å². The SMILES string of the molecule is CCCCC1CCC(CCc2ccc(CC(=O)O)cc2)CC1. The van der Waals surface area contributed by atoms with Gasteiger partial charge in [-0.25, -0.2) is 0 Å². The number of unbranched alkanes of at least 4 members (excludes halogenated alkanes) is 1. The van der Waals surface area contributed by atoms with Crippen molar-refractivity contribution in [2.45, 2.75) is 71.1 Å².